The van der Waals surface area contributed by atoms with E-state index in [9.17, 15) is 9.59 Å². The monoisotopic (exact) mass is 462 g/mol. The first-order chi connectivity index (χ1) is 16.1. The number of aromatic nitrogens is 1. The van der Waals surface area contributed by atoms with Crippen LogP contribution in [0.3, 0.4) is 0 Å². The standard InChI is InChI=1S/C24H38N4O5/c1-27(16-20-17-32-13-14-33-20)15-19-5-6-21(23(30)26-19)22(29)25-18-24(7-3-2-4-8-24)28-9-11-31-12-10-28/h5-6,20H,2-4,7-18H2,1H3,(H,25,29)(H,26,30)/t20-/m1/s1. The number of morpholine rings is 1. The van der Waals surface area contributed by atoms with Crippen LogP contribution in [0.25, 0.3) is 0 Å². The van der Waals surface area contributed by atoms with Crippen LogP contribution in [0.4, 0.5) is 0 Å². The number of pyridine rings is 1. The summed E-state index contributed by atoms with van der Waals surface area (Å²) in [5.41, 5.74) is 0.559. The fourth-order valence-electron chi connectivity index (χ4n) is 5.32. The molecule has 1 atom stereocenters. The molecule has 1 amide bonds. The van der Waals surface area contributed by atoms with Crippen LogP contribution in [0.2, 0.25) is 0 Å². The lowest BCUT2D eigenvalue weighted by Crippen LogP contribution is -2.59. The molecule has 1 aliphatic carbocycles. The normalized spacial score (nSPS) is 24.0. The third-order valence-electron chi connectivity index (χ3n) is 7.10. The Labute approximate surface area is 195 Å². The molecule has 9 nitrogen and oxygen atoms in total. The van der Waals surface area contributed by atoms with Gasteiger partial charge in [0.05, 0.1) is 39.1 Å². The van der Waals surface area contributed by atoms with Crippen LogP contribution in [-0.4, -0.2) is 98.6 Å². The lowest BCUT2D eigenvalue weighted by Gasteiger charge is -2.48. The van der Waals surface area contributed by atoms with Crippen LogP contribution < -0.4 is 10.9 Å². The Kier molecular flexibility index (Phi) is 8.54. The molecule has 3 fully saturated rings. The quantitative estimate of drug-likeness (QED) is 0.595. The van der Waals surface area contributed by atoms with E-state index in [4.69, 9.17) is 14.2 Å². The van der Waals surface area contributed by atoms with Gasteiger partial charge in [-0.3, -0.25) is 19.4 Å². The van der Waals surface area contributed by atoms with Crippen molar-refractivity contribution in [3.05, 3.63) is 33.7 Å². The van der Waals surface area contributed by atoms with Crippen molar-refractivity contribution < 1.29 is 19.0 Å². The Morgan fingerprint density at radius 2 is 1.94 bits per heavy atom. The van der Waals surface area contributed by atoms with Crippen LogP contribution in [-0.2, 0) is 20.8 Å². The molecule has 2 saturated heterocycles. The third-order valence-corrected chi connectivity index (χ3v) is 7.10. The van der Waals surface area contributed by atoms with Gasteiger partial charge < -0.3 is 24.5 Å². The highest BCUT2D eigenvalue weighted by Crippen LogP contribution is 2.33. The van der Waals surface area contributed by atoms with Crippen molar-refractivity contribution in [2.45, 2.75) is 50.3 Å². The fraction of sp³-hybridized carbons (Fsp3) is 0.750. The van der Waals surface area contributed by atoms with Gasteiger partial charge in [0.15, 0.2) is 0 Å². The molecule has 1 aromatic rings. The third kappa shape index (κ3) is 6.42. The lowest BCUT2D eigenvalue weighted by atomic mass is 9.79. The predicted molar refractivity (Wildman–Crippen MR) is 124 cm³/mol. The first kappa shape index (κ1) is 24.3. The van der Waals surface area contributed by atoms with Gasteiger partial charge >= 0.3 is 0 Å². The van der Waals surface area contributed by atoms with Crippen molar-refractivity contribution in [3.63, 3.8) is 0 Å². The van der Waals surface area contributed by atoms with Gasteiger partial charge in [-0.15, -0.1) is 0 Å². The van der Waals surface area contributed by atoms with Crippen LogP contribution in [0.15, 0.2) is 16.9 Å². The van der Waals surface area contributed by atoms with E-state index in [0.717, 1.165) is 44.8 Å². The molecule has 3 aliphatic rings. The van der Waals surface area contributed by atoms with E-state index in [-0.39, 0.29) is 28.7 Å². The Hall–Kier alpha value is -1.78. The number of hydrogen-bond acceptors (Lipinski definition) is 7. The molecular formula is C24H38N4O5. The first-order valence-corrected chi connectivity index (χ1v) is 12.3. The molecule has 4 rings (SSSR count). The lowest BCUT2D eigenvalue weighted by molar-refractivity contribution is -0.0963. The van der Waals surface area contributed by atoms with E-state index in [0.29, 0.717) is 39.5 Å². The Balaban J connectivity index is 1.34. The molecule has 2 aliphatic heterocycles. The zero-order chi connectivity index (χ0) is 23.1. The van der Waals surface area contributed by atoms with Gasteiger partial charge in [0.25, 0.3) is 11.5 Å². The highest BCUT2D eigenvalue weighted by Gasteiger charge is 2.39. The van der Waals surface area contributed by atoms with Crippen molar-refractivity contribution in [3.8, 4) is 0 Å². The van der Waals surface area contributed by atoms with E-state index in [1.54, 1.807) is 6.07 Å². The van der Waals surface area contributed by atoms with Crippen molar-refractivity contribution >= 4 is 5.91 Å². The minimum Gasteiger partial charge on any atom is -0.379 e. The molecule has 0 spiro atoms. The second-order valence-corrected chi connectivity index (χ2v) is 9.56. The van der Waals surface area contributed by atoms with E-state index in [2.05, 4.69) is 20.1 Å². The van der Waals surface area contributed by atoms with E-state index >= 15 is 0 Å². The summed E-state index contributed by atoms with van der Waals surface area (Å²) in [4.78, 5) is 33.0. The Morgan fingerprint density at radius 1 is 1.15 bits per heavy atom. The minimum absolute atomic E-state index is 0.0298. The Bertz CT molecular complexity index is 826. The van der Waals surface area contributed by atoms with Crippen molar-refractivity contribution in [2.24, 2.45) is 0 Å². The molecule has 1 aromatic heterocycles. The number of nitrogens with one attached hydrogen (secondary N) is 2. The maximum absolute atomic E-state index is 12.9. The van der Waals surface area contributed by atoms with E-state index in [1.165, 1.54) is 19.3 Å². The second kappa shape index (κ2) is 11.6. The number of carbonyl (C=O) groups excluding carboxylic acids is 1. The van der Waals surface area contributed by atoms with Crippen molar-refractivity contribution in [1.82, 2.24) is 20.1 Å². The Morgan fingerprint density at radius 3 is 2.64 bits per heavy atom. The van der Waals surface area contributed by atoms with Gasteiger partial charge in [0, 0.05) is 44.0 Å². The summed E-state index contributed by atoms with van der Waals surface area (Å²) in [5, 5.41) is 3.08. The van der Waals surface area contributed by atoms with Crippen molar-refractivity contribution in [2.75, 3.05) is 66.3 Å². The molecule has 2 N–H and O–H groups in total. The minimum atomic E-state index is -0.347. The zero-order valence-electron chi connectivity index (χ0n) is 19.8. The van der Waals surface area contributed by atoms with E-state index in [1.807, 2.05) is 13.1 Å². The van der Waals surface area contributed by atoms with Crippen LogP contribution in [0, 0.1) is 0 Å². The van der Waals surface area contributed by atoms with Crippen LogP contribution in [0.5, 0.6) is 0 Å². The number of rotatable bonds is 8. The molecule has 1 saturated carbocycles. The average Bonchev–Trinajstić information content (AvgIpc) is 2.84. The molecule has 0 radical (unpaired) electrons. The van der Waals surface area contributed by atoms with Gasteiger partial charge in [-0.05, 0) is 32.0 Å². The van der Waals surface area contributed by atoms with Gasteiger partial charge in [-0.1, -0.05) is 19.3 Å². The summed E-state index contributed by atoms with van der Waals surface area (Å²) in [7, 11) is 1.98. The highest BCUT2D eigenvalue weighted by atomic mass is 16.6. The summed E-state index contributed by atoms with van der Waals surface area (Å²) in [6, 6.07) is 3.46. The molecule has 3 heterocycles. The molecular weight excluding hydrogens is 424 g/mol. The van der Waals surface area contributed by atoms with Crippen LogP contribution >= 0.6 is 0 Å². The number of carbonyl (C=O) groups is 1. The number of amides is 1. The molecule has 0 aromatic carbocycles. The molecule has 33 heavy (non-hydrogen) atoms. The summed E-state index contributed by atoms with van der Waals surface area (Å²) >= 11 is 0. The number of aromatic amines is 1. The highest BCUT2D eigenvalue weighted by molar-refractivity contribution is 5.93. The number of hydrogen-bond donors (Lipinski definition) is 2. The largest absolute Gasteiger partial charge is 0.379 e. The molecule has 184 valence electrons. The SMILES string of the molecule is CN(Cc1ccc(C(=O)NCC2(N3CCOCC3)CCCCC2)c(=O)[nH]1)C[C@@H]1COCCO1. The van der Waals surface area contributed by atoms with E-state index < -0.39 is 0 Å². The van der Waals surface area contributed by atoms with Gasteiger partial charge in [-0.25, -0.2) is 0 Å². The number of H-pyrrole nitrogens is 1. The number of nitrogens with zero attached hydrogens (tertiary/aromatic N) is 2. The predicted octanol–water partition coefficient (Wildman–Crippen LogP) is 0.987. The summed E-state index contributed by atoms with van der Waals surface area (Å²) < 4.78 is 16.7. The first-order valence-electron chi connectivity index (χ1n) is 12.3. The summed E-state index contributed by atoms with van der Waals surface area (Å²) in [6.07, 6.45) is 5.78. The summed E-state index contributed by atoms with van der Waals surface area (Å²) in [5.74, 6) is -0.304. The smallest absolute Gasteiger partial charge is 0.261 e. The van der Waals surface area contributed by atoms with Crippen molar-refractivity contribution in [1.29, 1.82) is 0 Å². The molecule has 0 bridgehead atoms. The molecule has 0 unspecified atom stereocenters. The van der Waals surface area contributed by atoms with Crippen LogP contribution in [0.1, 0.15) is 48.2 Å². The topological polar surface area (TPSA) is 96.1 Å². The molecule has 9 heteroatoms. The zero-order valence-corrected chi connectivity index (χ0v) is 19.8. The number of likely N-dealkylation sites (N-methyl/N-ethyl adjacent to an activating group) is 1. The second-order valence-electron chi connectivity index (χ2n) is 9.56. The average molecular weight is 463 g/mol. The maximum Gasteiger partial charge on any atom is 0.261 e. The van der Waals surface area contributed by atoms with Gasteiger partial charge in [0.1, 0.15) is 5.56 Å². The van der Waals surface area contributed by atoms with Gasteiger partial charge in [-0.2, -0.15) is 0 Å². The fourth-order valence-corrected chi connectivity index (χ4v) is 5.32. The van der Waals surface area contributed by atoms with Gasteiger partial charge in [0.2, 0.25) is 0 Å². The number of ether oxygens (including phenoxy) is 3. The maximum atomic E-state index is 12.9. The summed E-state index contributed by atoms with van der Waals surface area (Å²) in [6.45, 7) is 6.98.